The van der Waals surface area contributed by atoms with Gasteiger partial charge in [0, 0.05) is 16.8 Å². The molecule has 0 N–H and O–H groups in total. The number of benzene rings is 7. The number of para-hydroxylation sites is 4. The zero-order valence-electron chi connectivity index (χ0n) is 23.1. The minimum Gasteiger partial charge on any atom is -0.294 e. The minimum atomic E-state index is 0.911. The van der Waals surface area contributed by atoms with Crippen LogP contribution in [0.1, 0.15) is 0 Å². The molecule has 0 radical (unpaired) electrons. The van der Waals surface area contributed by atoms with Gasteiger partial charge in [-0.3, -0.25) is 13.5 Å². The fraction of sp³-hybridized carbons (Fsp3) is 0. The lowest BCUT2D eigenvalue weighted by Gasteiger charge is -2.13. The van der Waals surface area contributed by atoms with Crippen molar-refractivity contribution in [1.82, 2.24) is 18.5 Å². The van der Waals surface area contributed by atoms with Gasteiger partial charge in [0.25, 0.3) is 0 Å². The van der Waals surface area contributed by atoms with Crippen LogP contribution in [0.5, 0.6) is 0 Å². The van der Waals surface area contributed by atoms with Crippen LogP contribution < -0.4 is 0 Å². The molecule has 0 aliphatic carbocycles. The highest BCUT2D eigenvalue weighted by Gasteiger charge is 2.25. The monoisotopic (exact) mass is 548 g/mol. The van der Waals surface area contributed by atoms with Gasteiger partial charge in [0.15, 0.2) is 5.65 Å². The number of hydrogen-bond acceptors (Lipinski definition) is 1. The van der Waals surface area contributed by atoms with E-state index in [4.69, 9.17) is 4.98 Å². The maximum Gasteiger partial charge on any atom is 0.221 e. The Labute approximate surface area is 246 Å². The molecule has 10 rings (SSSR count). The third-order valence-corrected chi connectivity index (χ3v) is 9.00. The van der Waals surface area contributed by atoms with Crippen molar-refractivity contribution < 1.29 is 0 Å². The third-order valence-electron chi connectivity index (χ3n) is 9.00. The summed E-state index contributed by atoms with van der Waals surface area (Å²) in [5.74, 6) is 0.911. The van der Waals surface area contributed by atoms with Crippen molar-refractivity contribution in [3.63, 3.8) is 0 Å². The summed E-state index contributed by atoms with van der Waals surface area (Å²) in [7, 11) is 0. The second-order valence-electron chi connectivity index (χ2n) is 11.3. The van der Waals surface area contributed by atoms with Crippen LogP contribution in [0.2, 0.25) is 0 Å². The van der Waals surface area contributed by atoms with Gasteiger partial charge in [-0.05, 0) is 74.8 Å². The number of hydrogen-bond donors (Lipinski definition) is 0. The predicted molar refractivity (Wildman–Crippen MR) is 179 cm³/mol. The maximum absolute atomic E-state index is 5.18. The molecular formula is C39H24N4. The Kier molecular flexibility index (Phi) is 4.42. The van der Waals surface area contributed by atoms with E-state index in [2.05, 4.69) is 159 Å². The van der Waals surface area contributed by atoms with E-state index in [-0.39, 0.29) is 0 Å². The molecule has 0 aliphatic rings. The zero-order valence-corrected chi connectivity index (χ0v) is 23.1. The second-order valence-corrected chi connectivity index (χ2v) is 11.3. The molecule has 7 aromatic carbocycles. The van der Waals surface area contributed by atoms with Gasteiger partial charge in [-0.1, -0.05) is 103 Å². The molecule has 4 nitrogen and oxygen atoms in total. The van der Waals surface area contributed by atoms with Gasteiger partial charge in [-0.15, -0.1) is 0 Å². The van der Waals surface area contributed by atoms with E-state index in [0.717, 1.165) is 39.3 Å². The highest BCUT2D eigenvalue weighted by molar-refractivity contribution is 6.25. The van der Waals surface area contributed by atoms with Crippen molar-refractivity contribution in [3.8, 4) is 11.4 Å². The standard InChI is InChI=1S/C39H24N4/c1-2-12-25(13-3-1)42-37-32-18-8-10-20-35(32)41(38(37)43-36-21-11-9-19-34(36)40-39(42)43)26-22-23-31-29-16-5-4-14-27(29)28-15-6-7-17-30(28)33(31)24-26/h1-24H. The molecule has 0 amide bonds. The fourth-order valence-electron chi connectivity index (χ4n) is 7.23. The fourth-order valence-corrected chi connectivity index (χ4v) is 7.23. The molecule has 200 valence electrons. The van der Waals surface area contributed by atoms with Gasteiger partial charge in [-0.2, -0.15) is 0 Å². The van der Waals surface area contributed by atoms with Gasteiger partial charge in [0.2, 0.25) is 5.78 Å². The van der Waals surface area contributed by atoms with Crippen LogP contribution in [0.15, 0.2) is 146 Å². The maximum atomic E-state index is 5.18. The molecule has 3 heterocycles. The van der Waals surface area contributed by atoms with Crippen molar-refractivity contribution >= 4 is 71.2 Å². The average Bonchev–Trinajstić information content (AvgIpc) is 3.71. The zero-order chi connectivity index (χ0) is 28.1. The van der Waals surface area contributed by atoms with Crippen LogP contribution in [0, 0.1) is 0 Å². The first-order chi connectivity index (χ1) is 21.4. The van der Waals surface area contributed by atoms with Crippen molar-refractivity contribution in [2.75, 3.05) is 0 Å². The molecule has 0 bridgehead atoms. The van der Waals surface area contributed by atoms with Crippen LogP contribution in [-0.2, 0) is 0 Å². The first kappa shape index (κ1) is 22.8. The molecule has 0 fully saturated rings. The Morgan fingerprint density at radius 3 is 1.67 bits per heavy atom. The van der Waals surface area contributed by atoms with Gasteiger partial charge in [0.1, 0.15) is 5.52 Å². The Morgan fingerprint density at radius 2 is 0.953 bits per heavy atom. The highest BCUT2D eigenvalue weighted by atomic mass is 15.3. The van der Waals surface area contributed by atoms with E-state index in [0.29, 0.717) is 0 Å². The van der Waals surface area contributed by atoms with E-state index in [1.165, 1.54) is 43.2 Å². The summed E-state index contributed by atoms with van der Waals surface area (Å²) >= 11 is 0. The van der Waals surface area contributed by atoms with Gasteiger partial charge in [0.05, 0.1) is 16.6 Å². The summed E-state index contributed by atoms with van der Waals surface area (Å²) in [5.41, 5.74) is 7.73. The second kappa shape index (κ2) is 8.34. The highest BCUT2D eigenvalue weighted by Crippen LogP contribution is 2.40. The Balaban J connectivity index is 1.42. The van der Waals surface area contributed by atoms with Crippen LogP contribution in [-0.4, -0.2) is 18.5 Å². The van der Waals surface area contributed by atoms with E-state index in [9.17, 15) is 0 Å². The lowest BCUT2D eigenvalue weighted by molar-refractivity contribution is 1.09. The van der Waals surface area contributed by atoms with Crippen LogP contribution in [0.4, 0.5) is 0 Å². The molecule has 10 aromatic rings. The van der Waals surface area contributed by atoms with Crippen LogP contribution >= 0.6 is 0 Å². The quantitative estimate of drug-likeness (QED) is 0.198. The van der Waals surface area contributed by atoms with Crippen LogP contribution in [0.3, 0.4) is 0 Å². The van der Waals surface area contributed by atoms with Crippen LogP contribution in [0.25, 0.3) is 82.6 Å². The van der Waals surface area contributed by atoms with Crippen molar-refractivity contribution in [3.05, 3.63) is 146 Å². The minimum absolute atomic E-state index is 0.911. The molecule has 0 atom stereocenters. The van der Waals surface area contributed by atoms with E-state index >= 15 is 0 Å². The van der Waals surface area contributed by atoms with E-state index in [1.54, 1.807) is 0 Å². The van der Waals surface area contributed by atoms with Crippen molar-refractivity contribution in [1.29, 1.82) is 0 Å². The Morgan fingerprint density at radius 1 is 0.395 bits per heavy atom. The van der Waals surface area contributed by atoms with Crippen molar-refractivity contribution in [2.45, 2.75) is 0 Å². The SMILES string of the molecule is c1ccc(-n2c3c4ccccc4n(-c4ccc5c6ccccc6c6ccccc6c5c4)c3n3c4ccccc4nc23)cc1. The number of nitrogens with zero attached hydrogens (tertiary/aromatic N) is 4. The molecule has 43 heavy (non-hydrogen) atoms. The summed E-state index contributed by atoms with van der Waals surface area (Å²) in [4.78, 5) is 5.18. The first-order valence-corrected chi connectivity index (χ1v) is 14.7. The molecule has 0 saturated carbocycles. The number of fused-ring (bicyclic) bond motifs is 13. The normalized spacial score (nSPS) is 12.2. The van der Waals surface area contributed by atoms with Crippen molar-refractivity contribution in [2.24, 2.45) is 0 Å². The Bertz CT molecular complexity index is 2690. The number of rotatable bonds is 2. The number of aromatic nitrogens is 4. The molecule has 0 saturated heterocycles. The topological polar surface area (TPSA) is 27.2 Å². The smallest absolute Gasteiger partial charge is 0.221 e. The molecule has 4 heteroatoms. The lowest BCUT2D eigenvalue weighted by atomic mass is 9.94. The van der Waals surface area contributed by atoms with E-state index < -0.39 is 0 Å². The third kappa shape index (κ3) is 2.97. The Hall–Kier alpha value is -5.87. The van der Waals surface area contributed by atoms with Gasteiger partial charge >= 0.3 is 0 Å². The van der Waals surface area contributed by atoms with Gasteiger partial charge < -0.3 is 0 Å². The molecular weight excluding hydrogens is 524 g/mol. The molecule has 0 unspecified atom stereocenters. The number of imidazole rings is 2. The average molecular weight is 549 g/mol. The summed E-state index contributed by atoms with van der Waals surface area (Å²) in [6.45, 7) is 0. The summed E-state index contributed by atoms with van der Waals surface area (Å²) in [6.07, 6.45) is 0. The molecule has 0 aliphatic heterocycles. The summed E-state index contributed by atoms with van der Waals surface area (Å²) in [5, 5.41) is 8.84. The largest absolute Gasteiger partial charge is 0.294 e. The summed E-state index contributed by atoms with van der Waals surface area (Å²) < 4.78 is 7.08. The first-order valence-electron chi connectivity index (χ1n) is 14.7. The van der Waals surface area contributed by atoms with Gasteiger partial charge in [-0.25, -0.2) is 4.98 Å². The lowest BCUT2D eigenvalue weighted by Crippen LogP contribution is -1.98. The van der Waals surface area contributed by atoms with E-state index in [1.807, 2.05) is 0 Å². The molecule has 0 spiro atoms. The predicted octanol–water partition coefficient (Wildman–Crippen LogP) is 9.83. The molecule has 3 aromatic heterocycles. The summed E-state index contributed by atoms with van der Waals surface area (Å²) in [6, 6.07) is 52.3.